The first-order chi connectivity index (χ1) is 50.2. The second-order valence-electron chi connectivity index (χ2n) is 22.5. The number of carbonyl (C=O) groups excluding carboxylic acids is 3. The summed E-state index contributed by atoms with van der Waals surface area (Å²) in [7, 11) is 7.70. The van der Waals surface area contributed by atoms with Gasteiger partial charge in [0.2, 0.25) is 0 Å². The molecule has 6 aromatic carbocycles. The molecule has 0 bridgehead atoms. The number of halogens is 6. The van der Waals surface area contributed by atoms with Crippen LogP contribution in [0, 0.1) is 28.2 Å². The van der Waals surface area contributed by atoms with Crippen LogP contribution in [-0.4, -0.2) is 113 Å². The van der Waals surface area contributed by atoms with Gasteiger partial charge in [0.05, 0.1) is 56.7 Å². The van der Waals surface area contributed by atoms with Gasteiger partial charge in [-0.1, -0.05) is 78.9 Å². The number of nitrogens with one attached hydrogen (secondary N) is 5. The van der Waals surface area contributed by atoms with Crippen LogP contribution < -0.4 is 71.3 Å². The summed E-state index contributed by atoms with van der Waals surface area (Å²) >= 11 is 5.82. The smallest absolute Gasteiger partial charge is 0.352 e. The fourth-order valence-corrected chi connectivity index (χ4v) is 11.0. The fourth-order valence-electron chi connectivity index (χ4n) is 9.60. The van der Waals surface area contributed by atoms with Crippen LogP contribution in [0.1, 0.15) is 54.8 Å². The lowest BCUT2D eigenvalue weighted by molar-refractivity contribution is -0.238. The van der Waals surface area contributed by atoms with Crippen LogP contribution in [0.3, 0.4) is 0 Å². The lowest BCUT2D eigenvalue weighted by Crippen LogP contribution is -2.45. The molecule has 9 aromatic rings. The molecule has 37 heteroatoms. The summed E-state index contributed by atoms with van der Waals surface area (Å²) in [5.74, 6) is -0.114. The van der Waals surface area contributed by atoms with Crippen molar-refractivity contribution >= 4 is 120 Å². The molecule has 0 atom stereocenters. The van der Waals surface area contributed by atoms with Crippen LogP contribution in [0.4, 0.5) is 47.7 Å². The molecule has 5 heterocycles. The number of anilines is 6. The number of amides is 2. The van der Waals surface area contributed by atoms with Crippen LogP contribution >= 0.6 is 67.8 Å². The van der Waals surface area contributed by atoms with E-state index in [0.717, 1.165) is 34.0 Å². The molecule has 9 N–H and O–H groups in total. The number of aliphatic hydroxyl groups is 2. The number of aromatic nitrogens is 6. The molecule has 0 aliphatic carbocycles. The van der Waals surface area contributed by atoms with Gasteiger partial charge < -0.3 is 49.8 Å². The second kappa shape index (κ2) is 38.1. The zero-order valence-corrected chi connectivity index (χ0v) is 62.8. The molecule has 556 valence electrons. The van der Waals surface area contributed by atoms with E-state index in [9.17, 15) is 56.3 Å². The van der Waals surface area contributed by atoms with Crippen molar-refractivity contribution in [2.45, 2.75) is 30.9 Å². The molecule has 3 aromatic heterocycles. The zero-order chi connectivity index (χ0) is 76.3. The molecule has 31 nitrogen and oxygen atoms in total. The number of para-hydroxylation sites is 1. The topological polar surface area (TPSA) is 384 Å². The van der Waals surface area contributed by atoms with E-state index >= 15 is 0 Å². The Morgan fingerprint density at radius 1 is 0.486 bits per heavy atom. The van der Waals surface area contributed by atoms with E-state index in [2.05, 4.69) is 26.3 Å². The highest BCUT2D eigenvalue weighted by Crippen LogP contribution is 2.29. The predicted octanol–water partition coefficient (Wildman–Crippen LogP) is 5.71. The van der Waals surface area contributed by atoms with Crippen molar-refractivity contribution < 1.29 is 76.0 Å². The number of hydroxylamine groups is 2. The van der Waals surface area contributed by atoms with Gasteiger partial charge in [0.15, 0.2) is 18.1 Å². The van der Waals surface area contributed by atoms with Gasteiger partial charge in [-0.2, -0.15) is 0 Å². The number of nitrogens with two attached hydrogens (primary N) is 1. The molecule has 2 amide bonds. The molecular weight excluding hydrogens is 1730 g/mol. The molecule has 2 aliphatic rings. The molecule has 0 radical (unpaired) electrons. The summed E-state index contributed by atoms with van der Waals surface area (Å²) in [6.07, 6.45) is -2.74. The van der Waals surface area contributed by atoms with Gasteiger partial charge in [-0.3, -0.25) is 65.9 Å². The van der Waals surface area contributed by atoms with Gasteiger partial charge in [-0.25, -0.2) is 49.2 Å². The van der Waals surface area contributed by atoms with Crippen molar-refractivity contribution in [2.75, 3.05) is 55.6 Å². The number of nitrogens with zero attached hydrogens (tertiary/aromatic N) is 6. The first-order valence-electron chi connectivity index (χ1n) is 31.0. The first kappa shape index (κ1) is 81.4. The first-order valence-corrected chi connectivity index (χ1v) is 34.3. The minimum Gasteiger partial charge on any atom is -0.423 e. The van der Waals surface area contributed by atoms with Gasteiger partial charge >= 0.3 is 23.0 Å². The molecule has 105 heavy (non-hydrogen) atoms. The average molecular weight is 1800 g/mol. The maximum absolute atomic E-state index is 14.4. The number of hydrogen-bond acceptors (Lipinski definition) is 23. The Morgan fingerprint density at radius 3 is 1.17 bits per heavy atom. The Balaban J connectivity index is 0.000000183. The highest BCUT2D eigenvalue weighted by atomic mass is 127. The maximum atomic E-state index is 14.4. The van der Waals surface area contributed by atoms with Crippen molar-refractivity contribution in [3.05, 3.63) is 264 Å². The van der Waals surface area contributed by atoms with Crippen LogP contribution in [0.2, 0.25) is 0 Å². The summed E-state index contributed by atoms with van der Waals surface area (Å²) in [5.41, 5.74) is -0.133. The molecule has 11 rings (SSSR count). The number of ether oxygens (including phenoxy) is 5. The second-order valence-corrected chi connectivity index (χ2v) is 26.3. The molecule has 0 saturated carbocycles. The maximum Gasteiger partial charge on any atom is 0.352 e. The average Bonchev–Trinajstić information content (AvgIpc) is 0.784. The quantitative estimate of drug-likeness (QED) is 0.0208. The van der Waals surface area contributed by atoms with Gasteiger partial charge in [-0.05, 0) is 135 Å². The molecule has 0 spiro atoms. The van der Waals surface area contributed by atoms with E-state index in [1.807, 2.05) is 134 Å². The summed E-state index contributed by atoms with van der Waals surface area (Å²) < 4.78 is 77.7. The standard InChI is InChI=1S/C23H22FIN4O6.C19H15FIN3O4.C16H18FIN4O6.C10H13NO3/c1-28-19(26-17-9-8-14(25)10-16(17)24)18(21(31)29(2)23(28)32)20(30)27-35-15-11-33-22(34-12-15)13-6-4-3-5-7-13;1-23-16(22-14-9-8-11(21)10-13(14)20)15(17(25)24(2)19(23)27)18(26)28-12-6-4-3-5-7-12;1-21-13(19-11-4-3-8(18)5-10(11)17)12(15(26)22(2)16(21)27)14(25)20-28-9(6-23)7-24;11-14-9-6-12-10(13-7-9)8-4-2-1-3-5-8/h3-10,15,22,26H,11-12H2,1-2H3,(H,27,30);3-10,22H,1-2H3;3-5,9,19,23-24H,6-7H2,1-2H3,(H,20,25);1-5,9-10H,6-7,11H2. The van der Waals surface area contributed by atoms with Crippen LogP contribution in [-0.2, 0) is 75.7 Å². The molecule has 0 unspecified atom stereocenters. The third kappa shape index (κ3) is 20.8. The van der Waals surface area contributed by atoms with Crippen LogP contribution in [0.15, 0.2) is 174 Å². The SMILES string of the molecule is Cn1c(Nc2ccc(I)cc2F)c(C(=O)NOC(CO)CO)c(=O)n(C)c1=O.Cn1c(Nc2ccc(I)cc2F)c(C(=O)NOC2COC(c3ccccc3)OC2)c(=O)n(C)c1=O.Cn1c(Nc2ccc(I)cc2F)c(C(=O)Oc2ccccc2)c(=O)n(C)c1=O.NOC1COC(c2ccccc2)OC1. The van der Waals surface area contributed by atoms with E-state index in [-0.39, 0.29) is 65.9 Å². The lowest BCUT2D eigenvalue weighted by atomic mass is 10.2. The van der Waals surface area contributed by atoms with Gasteiger partial charge in [0.25, 0.3) is 28.5 Å². The normalized spacial score (nSPS) is 15.3. The van der Waals surface area contributed by atoms with E-state index in [4.69, 9.17) is 49.5 Å². The summed E-state index contributed by atoms with van der Waals surface area (Å²) in [6, 6.07) is 40.3. The van der Waals surface area contributed by atoms with Gasteiger partial charge in [0, 0.05) is 64.1 Å². The Hall–Kier alpha value is -9.25. The highest BCUT2D eigenvalue weighted by molar-refractivity contribution is 14.1. The summed E-state index contributed by atoms with van der Waals surface area (Å²) in [5, 5.41) is 26.0. The lowest BCUT2D eigenvalue weighted by Gasteiger charge is -2.29. The number of hydrogen-bond donors (Lipinski definition) is 8. The van der Waals surface area contributed by atoms with Crippen molar-refractivity contribution in [2.24, 2.45) is 48.2 Å². The Labute approximate surface area is 634 Å². The molecule has 2 aliphatic heterocycles. The van der Waals surface area contributed by atoms with E-state index in [0.29, 0.717) is 28.5 Å². The fraction of sp³-hybridized carbons (Fsp3) is 0.250. The Morgan fingerprint density at radius 2 is 0.819 bits per heavy atom. The number of carbonyl (C=O) groups is 3. The number of aliphatic hydroxyl groups excluding tert-OH is 2. The molecule has 2 fully saturated rings. The van der Waals surface area contributed by atoms with Crippen molar-refractivity contribution in [3.63, 3.8) is 0 Å². The largest absolute Gasteiger partial charge is 0.423 e. The van der Waals surface area contributed by atoms with Crippen molar-refractivity contribution in [1.82, 2.24) is 38.4 Å². The zero-order valence-electron chi connectivity index (χ0n) is 56.3. The molecule has 2 saturated heterocycles. The number of benzene rings is 6. The number of esters is 1. The third-order valence-electron chi connectivity index (χ3n) is 15.3. The van der Waals surface area contributed by atoms with Crippen molar-refractivity contribution in [1.29, 1.82) is 0 Å². The van der Waals surface area contributed by atoms with Crippen molar-refractivity contribution in [3.8, 4) is 5.75 Å². The molecular formula is C68H68F3I3N12O19. The van der Waals surface area contributed by atoms with E-state index < -0.39 is 117 Å². The third-order valence-corrected chi connectivity index (χ3v) is 17.3. The monoisotopic (exact) mass is 1790 g/mol. The number of rotatable bonds is 19. The van der Waals surface area contributed by atoms with Crippen LogP contribution in [0.25, 0.3) is 0 Å². The minimum absolute atomic E-state index is 0.00956. The van der Waals surface area contributed by atoms with E-state index in [1.54, 1.807) is 48.5 Å². The van der Waals surface area contributed by atoms with Crippen LogP contribution in [0.5, 0.6) is 5.75 Å². The predicted molar refractivity (Wildman–Crippen MR) is 399 cm³/mol. The van der Waals surface area contributed by atoms with Gasteiger partial charge in [0.1, 0.15) is 70.1 Å². The Bertz CT molecular complexity index is 4960. The highest BCUT2D eigenvalue weighted by Gasteiger charge is 2.31. The van der Waals surface area contributed by atoms with Gasteiger partial charge in [-0.15, -0.1) is 0 Å². The van der Waals surface area contributed by atoms with E-state index in [1.165, 1.54) is 78.7 Å². The summed E-state index contributed by atoms with van der Waals surface area (Å²) in [4.78, 5) is 128. The minimum atomic E-state index is -1.11. The Kier molecular flexibility index (Phi) is 29.6. The summed E-state index contributed by atoms with van der Waals surface area (Å²) in [6.45, 7) is 0.0301.